The molecule has 0 saturated heterocycles. The maximum absolute atomic E-state index is 4.72. The summed E-state index contributed by atoms with van der Waals surface area (Å²) in [5, 5.41) is 3.35. The molecule has 1 aromatic heterocycles. The van der Waals surface area contributed by atoms with Crippen molar-refractivity contribution in [3.8, 4) is 0 Å². The van der Waals surface area contributed by atoms with Crippen LogP contribution in [0.25, 0.3) is 0 Å². The van der Waals surface area contributed by atoms with Crippen molar-refractivity contribution in [2.24, 2.45) is 0 Å². The highest BCUT2D eigenvalue weighted by Crippen LogP contribution is 2.41. The van der Waals surface area contributed by atoms with E-state index in [-0.39, 0.29) is 0 Å². The van der Waals surface area contributed by atoms with Crippen LogP contribution < -0.4 is 5.32 Å². The summed E-state index contributed by atoms with van der Waals surface area (Å²) >= 11 is 0. The standard InChI is InChI=1S/C13H21N3/c1-4-6-11-15-12(10-7-8-10)9(3)13(16-11)14-5-2/h10H,4-8H2,1-3H3,(H,14,15,16). The minimum Gasteiger partial charge on any atom is -0.370 e. The van der Waals surface area contributed by atoms with Crippen LogP contribution in [0.4, 0.5) is 5.82 Å². The van der Waals surface area contributed by atoms with Crippen LogP contribution in [0, 0.1) is 6.92 Å². The van der Waals surface area contributed by atoms with Crippen molar-refractivity contribution in [1.29, 1.82) is 0 Å². The molecule has 1 N–H and O–H groups in total. The Morgan fingerprint density at radius 2 is 2.00 bits per heavy atom. The molecule has 0 radical (unpaired) electrons. The Balaban J connectivity index is 2.34. The molecule has 88 valence electrons. The van der Waals surface area contributed by atoms with Gasteiger partial charge in [0.2, 0.25) is 0 Å². The maximum Gasteiger partial charge on any atom is 0.132 e. The van der Waals surface area contributed by atoms with Gasteiger partial charge in [-0.05, 0) is 33.1 Å². The fourth-order valence-corrected chi connectivity index (χ4v) is 2.01. The molecule has 3 heteroatoms. The summed E-state index contributed by atoms with van der Waals surface area (Å²) in [5.41, 5.74) is 2.54. The van der Waals surface area contributed by atoms with Crippen molar-refractivity contribution in [3.63, 3.8) is 0 Å². The van der Waals surface area contributed by atoms with Gasteiger partial charge in [-0.15, -0.1) is 0 Å². The van der Waals surface area contributed by atoms with Crippen molar-refractivity contribution >= 4 is 5.82 Å². The predicted molar refractivity (Wildman–Crippen MR) is 66.9 cm³/mol. The maximum atomic E-state index is 4.72. The Morgan fingerprint density at radius 3 is 2.56 bits per heavy atom. The summed E-state index contributed by atoms with van der Waals surface area (Å²) in [5.74, 6) is 2.75. The van der Waals surface area contributed by atoms with Crippen LogP contribution in [0.3, 0.4) is 0 Å². The number of anilines is 1. The van der Waals surface area contributed by atoms with Gasteiger partial charge in [-0.25, -0.2) is 9.97 Å². The van der Waals surface area contributed by atoms with Gasteiger partial charge in [-0.1, -0.05) is 6.92 Å². The number of hydrogen-bond acceptors (Lipinski definition) is 3. The summed E-state index contributed by atoms with van der Waals surface area (Å²) in [6.07, 6.45) is 4.70. The van der Waals surface area contributed by atoms with Crippen molar-refractivity contribution in [1.82, 2.24) is 9.97 Å². The highest BCUT2D eigenvalue weighted by molar-refractivity contribution is 5.47. The third-order valence-electron chi connectivity index (χ3n) is 3.01. The van der Waals surface area contributed by atoms with Crippen molar-refractivity contribution in [2.45, 2.75) is 52.4 Å². The van der Waals surface area contributed by atoms with Gasteiger partial charge in [-0.2, -0.15) is 0 Å². The number of nitrogens with zero attached hydrogens (tertiary/aromatic N) is 2. The van der Waals surface area contributed by atoms with Gasteiger partial charge in [0.25, 0.3) is 0 Å². The number of hydrogen-bond donors (Lipinski definition) is 1. The minimum atomic E-state index is 0.705. The molecule has 0 aliphatic heterocycles. The van der Waals surface area contributed by atoms with E-state index >= 15 is 0 Å². The second-order valence-electron chi connectivity index (χ2n) is 4.55. The monoisotopic (exact) mass is 219 g/mol. The normalized spacial score (nSPS) is 15.2. The molecule has 0 bridgehead atoms. The van der Waals surface area contributed by atoms with E-state index in [0.717, 1.165) is 31.0 Å². The van der Waals surface area contributed by atoms with Crippen LogP contribution in [-0.4, -0.2) is 16.5 Å². The Hall–Kier alpha value is -1.12. The molecule has 16 heavy (non-hydrogen) atoms. The first-order valence-electron chi connectivity index (χ1n) is 6.37. The lowest BCUT2D eigenvalue weighted by atomic mass is 10.1. The molecule has 1 saturated carbocycles. The molecule has 0 aromatic carbocycles. The van der Waals surface area contributed by atoms with Gasteiger partial charge in [-0.3, -0.25) is 0 Å². The molecule has 1 aliphatic carbocycles. The SMILES string of the molecule is CCCc1nc(NCC)c(C)c(C2CC2)n1. The molecule has 3 nitrogen and oxygen atoms in total. The van der Waals surface area contributed by atoms with Gasteiger partial charge in [0, 0.05) is 24.4 Å². The van der Waals surface area contributed by atoms with Gasteiger partial charge < -0.3 is 5.32 Å². The van der Waals surface area contributed by atoms with Crippen LogP contribution in [0.15, 0.2) is 0 Å². The lowest BCUT2D eigenvalue weighted by Crippen LogP contribution is -2.09. The van der Waals surface area contributed by atoms with Crippen LogP contribution in [0.2, 0.25) is 0 Å². The van der Waals surface area contributed by atoms with Gasteiger partial charge in [0.1, 0.15) is 11.6 Å². The Kier molecular flexibility index (Phi) is 3.42. The molecule has 0 amide bonds. The first kappa shape index (κ1) is 11.4. The average Bonchev–Trinajstić information content (AvgIpc) is 3.07. The molecule has 0 atom stereocenters. The largest absolute Gasteiger partial charge is 0.370 e. The lowest BCUT2D eigenvalue weighted by Gasteiger charge is -2.12. The van der Waals surface area contributed by atoms with E-state index in [1.54, 1.807) is 0 Å². The van der Waals surface area contributed by atoms with E-state index < -0.39 is 0 Å². The summed E-state index contributed by atoms with van der Waals surface area (Å²) < 4.78 is 0. The molecule has 1 aromatic rings. The molecule has 0 spiro atoms. The number of aromatic nitrogens is 2. The summed E-state index contributed by atoms with van der Waals surface area (Å²) in [4.78, 5) is 9.32. The first-order valence-corrected chi connectivity index (χ1v) is 6.37. The van der Waals surface area contributed by atoms with E-state index in [0.29, 0.717) is 5.92 Å². The molecule has 2 rings (SSSR count). The van der Waals surface area contributed by atoms with E-state index in [9.17, 15) is 0 Å². The quantitative estimate of drug-likeness (QED) is 0.827. The van der Waals surface area contributed by atoms with E-state index in [4.69, 9.17) is 4.98 Å². The van der Waals surface area contributed by atoms with Crippen LogP contribution in [-0.2, 0) is 6.42 Å². The average molecular weight is 219 g/mol. The molecule has 1 fully saturated rings. The first-order chi connectivity index (χ1) is 7.76. The van der Waals surface area contributed by atoms with E-state index in [1.165, 1.54) is 24.1 Å². The van der Waals surface area contributed by atoms with E-state index in [1.807, 2.05) is 0 Å². The Morgan fingerprint density at radius 1 is 1.25 bits per heavy atom. The van der Waals surface area contributed by atoms with Gasteiger partial charge in [0.05, 0.1) is 5.69 Å². The Labute approximate surface area is 97.7 Å². The molecule has 1 heterocycles. The second kappa shape index (κ2) is 4.81. The zero-order valence-electron chi connectivity index (χ0n) is 10.5. The molecule has 0 unspecified atom stereocenters. The van der Waals surface area contributed by atoms with Crippen molar-refractivity contribution in [3.05, 3.63) is 17.1 Å². The third kappa shape index (κ3) is 2.34. The molecule has 1 aliphatic rings. The highest BCUT2D eigenvalue weighted by atomic mass is 15.0. The van der Waals surface area contributed by atoms with Crippen LogP contribution in [0.1, 0.15) is 56.1 Å². The van der Waals surface area contributed by atoms with Crippen LogP contribution >= 0.6 is 0 Å². The molecular formula is C13H21N3. The number of nitrogens with one attached hydrogen (secondary N) is 1. The predicted octanol–water partition coefficient (Wildman–Crippen LogP) is 3.05. The summed E-state index contributed by atoms with van der Waals surface area (Å²) in [7, 11) is 0. The lowest BCUT2D eigenvalue weighted by molar-refractivity contribution is 0.804. The number of aryl methyl sites for hydroxylation is 1. The number of rotatable bonds is 5. The fraction of sp³-hybridized carbons (Fsp3) is 0.692. The van der Waals surface area contributed by atoms with Crippen molar-refractivity contribution < 1.29 is 0 Å². The van der Waals surface area contributed by atoms with Crippen LogP contribution in [0.5, 0.6) is 0 Å². The fourth-order valence-electron chi connectivity index (χ4n) is 2.01. The second-order valence-corrected chi connectivity index (χ2v) is 4.55. The Bertz CT molecular complexity index is 370. The minimum absolute atomic E-state index is 0.705. The zero-order chi connectivity index (χ0) is 11.5. The topological polar surface area (TPSA) is 37.8 Å². The van der Waals surface area contributed by atoms with Crippen molar-refractivity contribution in [2.75, 3.05) is 11.9 Å². The van der Waals surface area contributed by atoms with Gasteiger partial charge >= 0.3 is 0 Å². The molecular weight excluding hydrogens is 198 g/mol. The summed E-state index contributed by atoms with van der Waals surface area (Å²) in [6, 6.07) is 0. The third-order valence-corrected chi connectivity index (χ3v) is 3.01. The summed E-state index contributed by atoms with van der Waals surface area (Å²) in [6.45, 7) is 7.35. The zero-order valence-corrected chi connectivity index (χ0v) is 10.5. The van der Waals surface area contributed by atoms with E-state index in [2.05, 4.69) is 31.1 Å². The highest BCUT2D eigenvalue weighted by Gasteiger charge is 2.28. The van der Waals surface area contributed by atoms with Gasteiger partial charge in [0.15, 0.2) is 0 Å². The smallest absolute Gasteiger partial charge is 0.132 e.